The van der Waals surface area contributed by atoms with Crippen LogP contribution in [0, 0.1) is 18.3 Å². The largest absolute Gasteiger partial charge is 0.354 e. The molecule has 0 unspecified atom stereocenters. The molecule has 1 aromatic carbocycles. The molecule has 0 atom stereocenters. The summed E-state index contributed by atoms with van der Waals surface area (Å²) < 4.78 is 2.08. The molecule has 0 bridgehead atoms. The van der Waals surface area contributed by atoms with Gasteiger partial charge in [-0.25, -0.2) is 4.98 Å². The Balaban J connectivity index is 1.83. The Hall–Kier alpha value is -3.07. The van der Waals surface area contributed by atoms with Crippen molar-refractivity contribution in [2.45, 2.75) is 20.3 Å². The van der Waals surface area contributed by atoms with Gasteiger partial charge in [-0.3, -0.25) is 9.20 Å². The molecular formula is C20H21N5O. The van der Waals surface area contributed by atoms with Crippen molar-refractivity contribution in [3.63, 3.8) is 0 Å². The van der Waals surface area contributed by atoms with E-state index in [0.29, 0.717) is 17.6 Å². The van der Waals surface area contributed by atoms with Gasteiger partial charge in [-0.15, -0.1) is 0 Å². The first-order valence-electron chi connectivity index (χ1n) is 8.97. The van der Waals surface area contributed by atoms with E-state index in [1.807, 2.05) is 43.0 Å². The van der Waals surface area contributed by atoms with Crippen LogP contribution in [0.1, 0.15) is 24.5 Å². The van der Waals surface area contributed by atoms with Crippen LogP contribution in [0.15, 0.2) is 30.3 Å². The van der Waals surface area contributed by atoms with E-state index < -0.39 is 0 Å². The number of hydrogen-bond donors (Lipinski definition) is 0. The van der Waals surface area contributed by atoms with Gasteiger partial charge in [0.1, 0.15) is 11.9 Å². The molecule has 6 heteroatoms. The van der Waals surface area contributed by atoms with Crippen molar-refractivity contribution < 1.29 is 4.79 Å². The lowest BCUT2D eigenvalue weighted by Gasteiger charge is -2.36. The third-order valence-corrected chi connectivity index (χ3v) is 5.12. The standard InChI is InChI=1S/C20H21N5O/c1-3-19(26)24-10-8-23(9-11-24)18-12-14(2)15(13-21)20-22-16-6-4-5-7-17(16)25(18)20/h4-7,12H,3,8-11H2,1-2H3. The van der Waals surface area contributed by atoms with Crippen LogP contribution in [0.25, 0.3) is 16.7 Å². The molecule has 3 heterocycles. The summed E-state index contributed by atoms with van der Waals surface area (Å²) in [6, 6.07) is 12.3. The quantitative estimate of drug-likeness (QED) is 0.715. The van der Waals surface area contributed by atoms with Crippen molar-refractivity contribution in [2.75, 3.05) is 31.1 Å². The minimum absolute atomic E-state index is 0.207. The van der Waals surface area contributed by atoms with Gasteiger partial charge in [0, 0.05) is 32.6 Å². The van der Waals surface area contributed by atoms with Crippen LogP contribution in [-0.2, 0) is 4.79 Å². The van der Waals surface area contributed by atoms with Crippen LogP contribution in [0.2, 0.25) is 0 Å². The lowest BCUT2D eigenvalue weighted by atomic mass is 10.1. The first-order valence-corrected chi connectivity index (χ1v) is 8.97. The highest BCUT2D eigenvalue weighted by atomic mass is 16.2. The third-order valence-electron chi connectivity index (χ3n) is 5.12. The van der Waals surface area contributed by atoms with Gasteiger partial charge >= 0.3 is 0 Å². The summed E-state index contributed by atoms with van der Waals surface area (Å²) in [4.78, 5) is 20.9. The number of para-hydroxylation sites is 2. The number of fused-ring (bicyclic) bond motifs is 3. The number of imidazole rings is 1. The Morgan fingerprint density at radius 3 is 2.65 bits per heavy atom. The number of hydrogen-bond acceptors (Lipinski definition) is 4. The molecule has 0 N–H and O–H groups in total. The van der Waals surface area contributed by atoms with Gasteiger partial charge in [0.25, 0.3) is 0 Å². The predicted octanol–water partition coefficient (Wildman–Crippen LogP) is 2.73. The molecule has 1 aliphatic heterocycles. The summed E-state index contributed by atoms with van der Waals surface area (Å²) >= 11 is 0. The maximum atomic E-state index is 11.9. The van der Waals surface area contributed by atoms with Crippen LogP contribution in [0.4, 0.5) is 5.82 Å². The number of anilines is 1. The van der Waals surface area contributed by atoms with Gasteiger partial charge in [-0.2, -0.15) is 5.26 Å². The van der Waals surface area contributed by atoms with Crippen molar-refractivity contribution >= 4 is 28.4 Å². The van der Waals surface area contributed by atoms with Gasteiger partial charge in [0.15, 0.2) is 5.65 Å². The van der Waals surface area contributed by atoms with E-state index in [9.17, 15) is 10.1 Å². The number of rotatable bonds is 2. The van der Waals surface area contributed by atoms with E-state index >= 15 is 0 Å². The first-order chi connectivity index (χ1) is 12.6. The number of nitrogens with zero attached hydrogens (tertiary/aromatic N) is 5. The number of pyridine rings is 1. The van der Waals surface area contributed by atoms with Crippen molar-refractivity contribution in [3.05, 3.63) is 41.5 Å². The summed E-state index contributed by atoms with van der Waals surface area (Å²) in [5.74, 6) is 1.24. The van der Waals surface area contributed by atoms with Gasteiger partial charge in [0.05, 0.1) is 16.6 Å². The smallest absolute Gasteiger partial charge is 0.222 e. The first kappa shape index (κ1) is 16.4. The van der Waals surface area contributed by atoms with Gasteiger partial charge in [-0.05, 0) is 30.7 Å². The van der Waals surface area contributed by atoms with Crippen LogP contribution >= 0.6 is 0 Å². The molecule has 4 rings (SSSR count). The number of benzene rings is 1. The maximum absolute atomic E-state index is 11.9. The average molecular weight is 347 g/mol. The Labute approximate surface area is 152 Å². The van der Waals surface area contributed by atoms with Gasteiger partial charge < -0.3 is 9.80 Å². The van der Waals surface area contributed by atoms with E-state index in [0.717, 1.165) is 48.6 Å². The molecule has 2 aromatic heterocycles. The molecule has 1 aliphatic rings. The molecule has 132 valence electrons. The Kier molecular flexibility index (Phi) is 4.00. The van der Waals surface area contributed by atoms with Gasteiger partial charge in [0.2, 0.25) is 5.91 Å². The minimum atomic E-state index is 0.207. The zero-order valence-corrected chi connectivity index (χ0v) is 15.1. The molecule has 0 aliphatic carbocycles. The molecule has 0 radical (unpaired) electrons. The van der Waals surface area contributed by atoms with Gasteiger partial charge in [-0.1, -0.05) is 19.1 Å². The predicted molar refractivity (Wildman–Crippen MR) is 101 cm³/mol. The molecule has 3 aromatic rings. The highest BCUT2D eigenvalue weighted by Gasteiger charge is 2.24. The number of carbonyl (C=O) groups excluding carboxylic acids is 1. The number of aromatic nitrogens is 2. The van der Waals surface area contributed by atoms with Crippen molar-refractivity contribution in [1.29, 1.82) is 5.26 Å². The summed E-state index contributed by atoms with van der Waals surface area (Å²) in [6.45, 7) is 6.86. The lowest BCUT2D eigenvalue weighted by Crippen LogP contribution is -2.49. The summed E-state index contributed by atoms with van der Waals surface area (Å²) in [5.41, 5.74) is 4.13. The third kappa shape index (κ3) is 2.48. The number of carbonyl (C=O) groups is 1. The Morgan fingerprint density at radius 2 is 1.96 bits per heavy atom. The van der Waals surface area contributed by atoms with Crippen molar-refractivity contribution in [1.82, 2.24) is 14.3 Å². The van der Waals surface area contributed by atoms with E-state index in [-0.39, 0.29) is 5.91 Å². The zero-order chi connectivity index (χ0) is 18.3. The normalized spacial score (nSPS) is 14.8. The fourth-order valence-corrected chi connectivity index (χ4v) is 3.71. The molecule has 26 heavy (non-hydrogen) atoms. The minimum Gasteiger partial charge on any atom is -0.354 e. The highest BCUT2D eigenvalue weighted by Crippen LogP contribution is 2.29. The molecule has 1 fully saturated rings. The molecule has 6 nitrogen and oxygen atoms in total. The highest BCUT2D eigenvalue weighted by molar-refractivity contribution is 5.85. The van der Waals surface area contributed by atoms with Crippen LogP contribution in [0.5, 0.6) is 0 Å². The van der Waals surface area contributed by atoms with Crippen molar-refractivity contribution in [3.8, 4) is 6.07 Å². The van der Waals surface area contributed by atoms with E-state index in [1.165, 1.54) is 0 Å². The maximum Gasteiger partial charge on any atom is 0.222 e. The second kappa shape index (κ2) is 6.34. The van der Waals surface area contributed by atoms with Crippen LogP contribution in [0.3, 0.4) is 0 Å². The SMILES string of the molecule is CCC(=O)N1CCN(c2cc(C)c(C#N)c3nc4ccccc4n23)CC1. The molecule has 0 saturated carbocycles. The Bertz CT molecular complexity index is 1040. The molecule has 1 amide bonds. The summed E-state index contributed by atoms with van der Waals surface area (Å²) in [5, 5.41) is 9.60. The fraction of sp³-hybridized carbons (Fsp3) is 0.350. The van der Waals surface area contributed by atoms with Crippen LogP contribution < -0.4 is 4.90 Å². The second-order valence-electron chi connectivity index (χ2n) is 6.65. The average Bonchev–Trinajstić information content (AvgIpc) is 3.06. The number of piperazine rings is 1. The Morgan fingerprint density at radius 1 is 1.23 bits per heavy atom. The van der Waals surface area contributed by atoms with Crippen LogP contribution in [-0.4, -0.2) is 46.4 Å². The van der Waals surface area contributed by atoms with Crippen molar-refractivity contribution in [2.24, 2.45) is 0 Å². The number of amides is 1. The van der Waals surface area contributed by atoms with E-state index in [1.54, 1.807) is 0 Å². The van der Waals surface area contributed by atoms with E-state index in [2.05, 4.69) is 21.4 Å². The fourth-order valence-electron chi connectivity index (χ4n) is 3.71. The molecular weight excluding hydrogens is 326 g/mol. The second-order valence-corrected chi connectivity index (χ2v) is 6.65. The van der Waals surface area contributed by atoms with E-state index in [4.69, 9.17) is 4.98 Å². The lowest BCUT2D eigenvalue weighted by molar-refractivity contribution is -0.131. The number of nitriles is 1. The molecule has 0 spiro atoms. The monoisotopic (exact) mass is 347 g/mol. The number of aryl methyl sites for hydroxylation is 1. The summed E-state index contributed by atoms with van der Waals surface area (Å²) in [7, 11) is 0. The molecule has 1 saturated heterocycles. The zero-order valence-electron chi connectivity index (χ0n) is 15.1. The summed E-state index contributed by atoms with van der Waals surface area (Å²) in [6.07, 6.45) is 0.548. The topological polar surface area (TPSA) is 64.6 Å².